The lowest BCUT2D eigenvalue weighted by molar-refractivity contribution is 0.386. The van der Waals surface area contributed by atoms with E-state index in [-0.39, 0.29) is 8.15 Å². The van der Waals surface area contributed by atoms with Gasteiger partial charge >= 0.3 is 0 Å². The highest BCUT2D eigenvalue weighted by Crippen LogP contribution is 2.43. The Morgan fingerprint density at radius 1 is 1.67 bits per heavy atom. The van der Waals surface area contributed by atoms with Crippen molar-refractivity contribution in [2.45, 2.75) is 6.42 Å². The van der Waals surface area contributed by atoms with Gasteiger partial charge in [0.25, 0.3) is 0 Å². The van der Waals surface area contributed by atoms with Crippen LogP contribution in [0.15, 0.2) is 11.9 Å². The Morgan fingerprint density at radius 3 is 3.11 bits per heavy atom. The molecule has 0 aromatic carbocycles. The lowest BCUT2D eigenvalue weighted by atomic mass is 10.5. The van der Waals surface area contributed by atoms with Crippen molar-refractivity contribution in [3.8, 4) is 0 Å². The fourth-order valence-electron chi connectivity index (χ4n) is 0.728. The number of alkyl halides is 1. The molecule has 52 valence electrons. The van der Waals surface area contributed by atoms with E-state index in [0.29, 0.717) is 12.5 Å². The highest BCUT2D eigenvalue weighted by molar-refractivity contribution is 7.56. The molecule has 0 fully saturated rings. The first-order valence-electron chi connectivity index (χ1n) is 3.05. The number of allylic oxidation sites excluding steroid dienone is 1. The minimum atomic E-state index is -0.216. The van der Waals surface area contributed by atoms with Crippen LogP contribution in [0.25, 0.3) is 0 Å². The Morgan fingerprint density at radius 2 is 2.56 bits per heavy atom. The van der Waals surface area contributed by atoms with Crippen LogP contribution in [0.5, 0.6) is 0 Å². The molecule has 0 amide bonds. The van der Waals surface area contributed by atoms with E-state index in [1.807, 2.05) is 0 Å². The summed E-state index contributed by atoms with van der Waals surface area (Å²) in [6.07, 6.45) is 4.57. The largest absolute Gasteiger partial charge is 0.354 e. The highest BCUT2D eigenvalue weighted by Gasteiger charge is 2.07. The van der Waals surface area contributed by atoms with Crippen molar-refractivity contribution in [3.05, 3.63) is 11.9 Å². The van der Waals surface area contributed by atoms with Crippen LogP contribution in [0.1, 0.15) is 6.42 Å². The van der Waals surface area contributed by atoms with Crippen LogP contribution in [0.4, 0.5) is 0 Å². The molecule has 3 heteroatoms. The zero-order chi connectivity index (χ0) is 6.53. The third kappa shape index (κ3) is 2.66. The summed E-state index contributed by atoms with van der Waals surface area (Å²) in [4.78, 5) is 0. The lowest BCUT2D eigenvalue weighted by Gasteiger charge is -2.05. The Labute approximate surface area is 61.9 Å². The van der Waals surface area contributed by atoms with Crippen LogP contribution in [-0.2, 0) is 4.52 Å². The average molecular weight is 165 g/mol. The second-order valence-electron chi connectivity index (χ2n) is 1.84. The number of hydrogen-bond donors (Lipinski definition) is 0. The minimum Gasteiger partial charge on any atom is -0.354 e. The van der Waals surface area contributed by atoms with Gasteiger partial charge in [0.05, 0.1) is 14.8 Å². The Balaban J connectivity index is 2.05. The molecule has 0 N–H and O–H groups in total. The summed E-state index contributed by atoms with van der Waals surface area (Å²) in [5, 5.41) is 0. The zero-order valence-corrected chi connectivity index (χ0v) is 6.87. The number of hydrogen-bond acceptors (Lipinski definition) is 1. The van der Waals surface area contributed by atoms with Crippen molar-refractivity contribution in [1.82, 2.24) is 0 Å². The van der Waals surface area contributed by atoms with Crippen molar-refractivity contribution in [1.29, 1.82) is 0 Å². The third-order valence-corrected chi connectivity index (χ3v) is 3.03. The lowest BCUT2D eigenvalue weighted by Crippen LogP contribution is -1.88. The Hall–Kier alpha value is 0.420. The zero-order valence-electron chi connectivity index (χ0n) is 5.22. The van der Waals surface area contributed by atoms with Crippen molar-refractivity contribution >= 4 is 19.7 Å². The number of rotatable bonds is 3. The molecule has 0 aliphatic carbocycles. The minimum absolute atomic E-state index is 0.216. The van der Waals surface area contributed by atoms with E-state index in [0.717, 1.165) is 0 Å². The summed E-state index contributed by atoms with van der Waals surface area (Å²) in [7, 11) is -0.216. The molecule has 9 heavy (non-hydrogen) atoms. The fraction of sp³-hybridized carbons (Fsp3) is 0.667. The molecule has 1 rings (SSSR count). The summed E-state index contributed by atoms with van der Waals surface area (Å²) in [5.41, 5.74) is 0. The van der Waals surface area contributed by atoms with E-state index in [2.05, 4.69) is 11.9 Å². The predicted octanol–water partition coefficient (Wildman–Crippen LogP) is 2.56. The smallest absolute Gasteiger partial charge is 0.0648 e. The molecule has 0 aromatic rings. The molecule has 0 radical (unpaired) electrons. The van der Waals surface area contributed by atoms with Crippen LogP contribution < -0.4 is 0 Å². The van der Waals surface area contributed by atoms with E-state index < -0.39 is 0 Å². The van der Waals surface area contributed by atoms with Crippen LogP contribution in [0.3, 0.4) is 0 Å². The van der Waals surface area contributed by atoms with E-state index in [1.54, 1.807) is 0 Å². The molecular formula is C6H10ClOP. The van der Waals surface area contributed by atoms with Gasteiger partial charge in [-0.15, -0.1) is 11.6 Å². The summed E-state index contributed by atoms with van der Waals surface area (Å²) < 4.78 is 5.40. The maximum absolute atomic E-state index is 5.44. The van der Waals surface area contributed by atoms with Gasteiger partial charge in [0, 0.05) is 5.88 Å². The monoisotopic (exact) mass is 164 g/mol. The molecular weight excluding hydrogens is 154 g/mol. The van der Waals surface area contributed by atoms with Gasteiger partial charge in [0.2, 0.25) is 0 Å². The van der Waals surface area contributed by atoms with Gasteiger partial charge in [-0.3, -0.25) is 0 Å². The van der Waals surface area contributed by atoms with Gasteiger partial charge in [-0.2, -0.15) is 0 Å². The van der Waals surface area contributed by atoms with Gasteiger partial charge in [-0.25, -0.2) is 0 Å². The summed E-state index contributed by atoms with van der Waals surface area (Å²) >= 11 is 5.44. The second kappa shape index (κ2) is 4.27. The summed E-state index contributed by atoms with van der Waals surface area (Å²) in [6, 6.07) is 0. The van der Waals surface area contributed by atoms with E-state index >= 15 is 0 Å². The molecule has 1 aliphatic heterocycles. The first-order chi connectivity index (χ1) is 4.43. The molecule has 0 spiro atoms. The quantitative estimate of drug-likeness (QED) is 0.460. The predicted molar refractivity (Wildman–Crippen MR) is 42.2 cm³/mol. The second-order valence-corrected chi connectivity index (χ2v) is 4.05. The fourth-order valence-corrected chi connectivity index (χ4v) is 2.39. The van der Waals surface area contributed by atoms with E-state index in [4.69, 9.17) is 16.1 Å². The van der Waals surface area contributed by atoms with Crippen molar-refractivity contribution < 1.29 is 4.52 Å². The average Bonchev–Trinajstić information content (AvgIpc) is 2.34. The topological polar surface area (TPSA) is 9.23 Å². The van der Waals surface area contributed by atoms with Crippen molar-refractivity contribution in [2.24, 2.45) is 0 Å². The summed E-state index contributed by atoms with van der Waals surface area (Å²) in [5.74, 6) is 2.79. The van der Waals surface area contributed by atoms with E-state index in [1.165, 1.54) is 12.6 Å². The van der Waals surface area contributed by atoms with Gasteiger partial charge in [0.15, 0.2) is 0 Å². The molecule has 0 aromatic heterocycles. The Bertz CT molecular complexity index is 105. The highest BCUT2D eigenvalue weighted by atomic mass is 35.5. The van der Waals surface area contributed by atoms with Gasteiger partial charge in [-0.1, -0.05) is 6.08 Å². The van der Waals surface area contributed by atoms with Gasteiger partial charge < -0.3 is 4.52 Å². The van der Waals surface area contributed by atoms with Crippen LogP contribution in [0.2, 0.25) is 0 Å². The van der Waals surface area contributed by atoms with Crippen LogP contribution in [0, 0.1) is 0 Å². The third-order valence-electron chi connectivity index (χ3n) is 1.12. The van der Waals surface area contributed by atoms with Crippen molar-refractivity contribution in [2.75, 3.05) is 18.6 Å². The normalized spacial score (nSPS) is 25.2. The molecule has 1 heterocycles. The number of halogens is 1. The maximum Gasteiger partial charge on any atom is 0.0648 e. The first-order valence-corrected chi connectivity index (χ1v) is 5.10. The van der Waals surface area contributed by atoms with Crippen LogP contribution in [-0.4, -0.2) is 18.6 Å². The van der Waals surface area contributed by atoms with Gasteiger partial charge in [-0.05, 0) is 18.4 Å². The molecule has 0 saturated heterocycles. The molecule has 1 atom stereocenters. The van der Waals surface area contributed by atoms with E-state index in [9.17, 15) is 0 Å². The molecule has 0 saturated carbocycles. The standard InChI is InChI=1S/C6H10ClOP/c7-3-4-8-9-5-1-2-6-9/h1,5H,2-4,6H2. The first kappa shape index (κ1) is 7.53. The molecule has 1 nitrogen and oxygen atoms in total. The van der Waals surface area contributed by atoms with Gasteiger partial charge in [0.1, 0.15) is 0 Å². The molecule has 0 bridgehead atoms. The summed E-state index contributed by atoms with van der Waals surface area (Å²) in [6.45, 7) is 0.706. The Kier molecular flexibility index (Phi) is 3.57. The van der Waals surface area contributed by atoms with Crippen LogP contribution >= 0.6 is 19.7 Å². The maximum atomic E-state index is 5.44. The van der Waals surface area contributed by atoms with Crippen molar-refractivity contribution in [3.63, 3.8) is 0 Å². The SMILES string of the molecule is ClCCOP1C=CCC1. The molecule has 1 aliphatic rings. The molecule has 1 unspecified atom stereocenters.